The van der Waals surface area contributed by atoms with Crippen LogP contribution in [0.2, 0.25) is 0 Å². The Balaban J connectivity index is 1.39. The molecule has 1 amide bonds. The van der Waals surface area contributed by atoms with Gasteiger partial charge >= 0.3 is 0 Å². The Morgan fingerprint density at radius 3 is 2.68 bits per heavy atom. The van der Waals surface area contributed by atoms with Crippen molar-refractivity contribution >= 4 is 22.8 Å². The van der Waals surface area contributed by atoms with Crippen molar-refractivity contribution in [3.63, 3.8) is 0 Å². The van der Waals surface area contributed by atoms with Gasteiger partial charge in [0.25, 0.3) is 5.71 Å². The Bertz CT molecular complexity index is 745. The summed E-state index contributed by atoms with van der Waals surface area (Å²) in [7, 11) is 0. The van der Waals surface area contributed by atoms with Crippen LogP contribution in [0.5, 0.6) is 0 Å². The minimum atomic E-state index is 0.110. The average molecular weight is 343 g/mol. The molecule has 1 saturated heterocycles. The Morgan fingerprint density at radius 2 is 1.92 bits per heavy atom. The van der Waals surface area contributed by atoms with Gasteiger partial charge in [-0.05, 0) is 32.6 Å². The molecule has 1 saturated carbocycles. The number of carbonyl (C=O) groups is 1. The highest BCUT2D eigenvalue weighted by Crippen LogP contribution is 2.29. The van der Waals surface area contributed by atoms with E-state index in [1.807, 2.05) is 6.92 Å². The van der Waals surface area contributed by atoms with Crippen LogP contribution in [0.3, 0.4) is 0 Å². The molecule has 0 spiro atoms. The highest BCUT2D eigenvalue weighted by Gasteiger charge is 2.29. The fourth-order valence-corrected chi connectivity index (χ4v) is 4.06. The topological polar surface area (TPSA) is 84.2 Å². The number of anilines is 1. The molecule has 2 aromatic rings. The average Bonchev–Trinajstić information content (AvgIpc) is 3.04. The van der Waals surface area contributed by atoms with Crippen molar-refractivity contribution in [2.75, 3.05) is 18.0 Å². The summed E-state index contributed by atoms with van der Waals surface area (Å²) in [6.07, 6.45) is 9.29. The Labute approximate surface area is 147 Å². The molecule has 25 heavy (non-hydrogen) atoms. The first-order valence-electron chi connectivity index (χ1n) is 9.34. The summed E-state index contributed by atoms with van der Waals surface area (Å²) in [5.74, 6) is 1.22. The smallest absolute Gasteiger partial charge is 0.263 e. The molecule has 2 fully saturated rings. The van der Waals surface area contributed by atoms with Crippen molar-refractivity contribution < 1.29 is 9.32 Å². The van der Waals surface area contributed by atoms with Crippen molar-refractivity contribution in [1.29, 1.82) is 0 Å². The van der Waals surface area contributed by atoms with E-state index in [1.54, 1.807) is 0 Å². The Kier molecular flexibility index (Phi) is 4.55. The van der Waals surface area contributed by atoms with E-state index in [4.69, 9.17) is 4.52 Å². The molecule has 2 aromatic heterocycles. The third-order valence-electron chi connectivity index (χ3n) is 5.54. The summed E-state index contributed by atoms with van der Waals surface area (Å²) >= 11 is 0. The first kappa shape index (κ1) is 16.3. The maximum Gasteiger partial charge on any atom is 0.263 e. The van der Waals surface area contributed by atoms with E-state index in [-0.39, 0.29) is 11.8 Å². The zero-order valence-corrected chi connectivity index (χ0v) is 14.7. The molecule has 0 aromatic carbocycles. The van der Waals surface area contributed by atoms with Crippen LogP contribution in [-0.2, 0) is 4.79 Å². The highest BCUT2D eigenvalue weighted by atomic mass is 16.5. The number of rotatable bonds is 3. The maximum atomic E-state index is 12.6. The van der Waals surface area contributed by atoms with Gasteiger partial charge in [0.15, 0.2) is 0 Å². The van der Waals surface area contributed by atoms with E-state index in [1.165, 1.54) is 25.6 Å². The number of hydrogen-bond acceptors (Lipinski definition) is 6. The SMILES string of the molecule is Cc1noc2ncnc(N3CCC(C(=O)NC4CCCCC4)CC3)c12. The molecular weight excluding hydrogens is 318 g/mol. The fourth-order valence-electron chi connectivity index (χ4n) is 4.06. The zero-order valence-electron chi connectivity index (χ0n) is 14.7. The highest BCUT2D eigenvalue weighted by molar-refractivity contribution is 5.88. The molecule has 1 N–H and O–H groups in total. The van der Waals surface area contributed by atoms with E-state index >= 15 is 0 Å². The fraction of sp³-hybridized carbons (Fsp3) is 0.667. The van der Waals surface area contributed by atoms with Crippen LogP contribution in [0.15, 0.2) is 10.9 Å². The number of nitrogens with zero attached hydrogens (tertiary/aromatic N) is 4. The lowest BCUT2D eigenvalue weighted by atomic mass is 9.92. The van der Waals surface area contributed by atoms with E-state index in [0.29, 0.717) is 11.8 Å². The molecule has 2 aliphatic rings. The second kappa shape index (κ2) is 6.98. The molecule has 1 aliphatic carbocycles. The van der Waals surface area contributed by atoms with Crippen LogP contribution < -0.4 is 10.2 Å². The minimum Gasteiger partial charge on any atom is -0.356 e. The molecule has 0 atom stereocenters. The monoisotopic (exact) mass is 343 g/mol. The van der Waals surface area contributed by atoms with Crippen molar-refractivity contribution in [3.05, 3.63) is 12.0 Å². The summed E-state index contributed by atoms with van der Waals surface area (Å²) < 4.78 is 5.23. The molecule has 3 heterocycles. The van der Waals surface area contributed by atoms with Crippen molar-refractivity contribution in [2.45, 2.75) is 57.9 Å². The quantitative estimate of drug-likeness (QED) is 0.922. The number of aryl methyl sites for hydroxylation is 1. The third kappa shape index (κ3) is 3.32. The van der Waals surface area contributed by atoms with Crippen LogP contribution >= 0.6 is 0 Å². The summed E-state index contributed by atoms with van der Waals surface area (Å²) in [5, 5.41) is 8.14. The number of aromatic nitrogens is 3. The summed E-state index contributed by atoms with van der Waals surface area (Å²) in [6.45, 7) is 3.54. The maximum absolute atomic E-state index is 12.6. The molecule has 134 valence electrons. The normalized spacial score (nSPS) is 20.1. The van der Waals surface area contributed by atoms with E-state index in [2.05, 4.69) is 25.3 Å². The number of nitrogens with one attached hydrogen (secondary N) is 1. The first-order valence-corrected chi connectivity index (χ1v) is 9.34. The van der Waals surface area contributed by atoms with Gasteiger partial charge in [0.05, 0.1) is 5.69 Å². The number of fused-ring (bicyclic) bond motifs is 1. The molecule has 0 bridgehead atoms. The Morgan fingerprint density at radius 1 is 1.16 bits per heavy atom. The van der Waals surface area contributed by atoms with Crippen LogP contribution in [0, 0.1) is 12.8 Å². The van der Waals surface area contributed by atoms with Gasteiger partial charge in [-0.25, -0.2) is 4.98 Å². The van der Waals surface area contributed by atoms with Gasteiger partial charge in [-0.1, -0.05) is 24.4 Å². The van der Waals surface area contributed by atoms with Crippen molar-refractivity contribution in [1.82, 2.24) is 20.4 Å². The van der Waals surface area contributed by atoms with E-state index in [0.717, 1.165) is 55.7 Å². The van der Waals surface area contributed by atoms with Crippen LogP contribution in [0.1, 0.15) is 50.6 Å². The largest absolute Gasteiger partial charge is 0.356 e. The van der Waals surface area contributed by atoms with Gasteiger partial charge in [-0.3, -0.25) is 4.79 Å². The van der Waals surface area contributed by atoms with Crippen LogP contribution in [0.4, 0.5) is 5.82 Å². The van der Waals surface area contributed by atoms with Gasteiger partial charge in [0.2, 0.25) is 5.91 Å². The lowest BCUT2D eigenvalue weighted by Gasteiger charge is -2.33. The van der Waals surface area contributed by atoms with E-state index in [9.17, 15) is 4.79 Å². The number of hydrogen-bond donors (Lipinski definition) is 1. The third-order valence-corrected chi connectivity index (χ3v) is 5.54. The number of piperidine rings is 1. The van der Waals surface area contributed by atoms with Gasteiger partial charge < -0.3 is 14.7 Å². The molecule has 0 radical (unpaired) electrons. The first-order chi connectivity index (χ1) is 12.2. The van der Waals surface area contributed by atoms with Crippen molar-refractivity contribution in [3.8, 4) is 0 Å². The second-order valence-electron chi connectivity index (χ2n) is 7.25. The molecule has 7 heteroatoms. The van der Waals surface area contributed by atoms with E-state index < -0.39 is 0 Å². The molecule has 4 rings (SSSR count). The summed E-state index contributed by atoms with van der Waals surface area (Å²) in [5.41, 5.74) is 1.34. The predicted octanol–water partition coefficient (Wildman–Crippen LogP) is 2.59. The standard InChI is InChI=1S/C18H25N5O2/c1-12-15-16(19-11-20-18(15)25-22-12)23-9-7-13(8-10-23)17(24)21-14-5-3-2-4-6-14/h11,13-14H,2-10H2,1H3,(H,21,24). The number of carbonyl (C=O) groups excluding carboxylic acids is 1. The van der Waals surface area contributed by atoms with Crippen LogP contribution in [0.25, 0.3) is 11.1 Å². The minimum absolute atomic E-state index is 0.110. The molecule has 0 unspecified atom stereocenters. The van der Waals surface area contributed by atoms with Gasteiger partial charge in [0, 0.05) is 25.0 Å². The van der Waals surface area contributed by atoms with Gasteiger partial charge in [-0.2, -0.15) is 4.98 Å². The zero-order chi connectivity index (χ0) is 17.2. The molecule has 1 aliphatic heterocycles. The number of amides is 1. The second-order valence-corrected chi connectivity index (χ2v) is 7.25. The van der Waals surface area contributed by atoms with Crippen LogP contribution in [-0.4, -0.2) is 40.2 Å². The van der Waals surface area contributed by atoms with Crippen molar-refractivity contribution in [2.24, 2.45) is 5.92 Å². The lowest BCUT2D eigenvalue weighted by molar-refractivity contribution is -0.126. The molecular formula is C18H25N5O2. The molecule has 7 nitrogen and oxygen atoms in total. The van der Waals surface area contributed by atoms with Gasteiger partial charge in [-0.15, -0.1) is 0 Å². The predicted molar refractivity (Wildman–Crippen MR) is 94.3 cm³/mol. The lowest BCUT2D eigenvalue weighted by Crippen LogP contribution is -2.44. The summed E-state index contributed by atoms with van der Waals surface area (Å²) in [4.78, 5) is 23.4. The Hall–Kier alpha value is -2.18. The summed E-state index contributed by atoms with van der Waals surface area (Å²) in [6, 6.07) is 0.389. The van der Waals surface area contributed by atoms with Gasteiger partial charge in [0.1, 0.15) is 17.5 Å².